The Morgan fingerprint density at radius 3 is 2.79 bits per heavy atom. The largest absolute Gasteiger partial charge is 0.379 e. The second kappa shape index (κ2) is 11.6. The van der Waals surface area contributed by atoms with E-state index in [0.717, 1.165) is 31.6 Å². The van der Waals surface area contributed by atoms with E-state index >= 15 is 0 Å². The van der Waals surface area contributed by atoms with Crippen molar-refractivity contribution in [3.05, 3.63) is 35.6 Å². The third kappa shape index (κ3) is 7.79. The summed E-state index contributed by atoms with van der Waals surface area (Å²) in [7, 11) is 2.01. The number of halogens is 2. The van der Waals surface area contributed by atoms with E-state index in [4.69, 9.17) is 4.74 Å². The summed E-state index contributed by atoms with van der Waals surface area (Å²) in [4.78, 5) is 6.65. The van der Waals surface area contributed by atoms with Crippen LogP contribution in [0.25, 0.3) is 0 Å². The van der Waals surface area contributed by atoms with Crippen molar-refractivity contribution in [1.29, 1.82) is 0 Å². The lowest BCUT2D eigenvalue weighted by Crippen LogP contribution is -2.40. The van der Waals surface area contributed by atoms with Crippen LogP contribution in [0.3, 0.4) is 0 Å². The highest BCUT2D eigenvalue weighted by molar-refractivity contribution is 14.0. The predicted octanol–water partition coefficient (Wildman–Crippen LogP) is 3.31. The first kappa shape index (κ1) is 21.2. The number of nitrogens with zero attached hydrogens (tertiary/aromatic N) is 2. The van der Waals surface area contributed by atoms with Crippen molar-refractivity contribution in [3.8, 4) is 0 Å². The quantitative estimate of drug-likeness (QED) is 0.272. The van der Waals surface area contributed by atoms with Crippen LogP contribution in [0.4, 0.5) is 4.39 Å². The van der Waals surface area contributed by atoms with Gasteiger partial charge in [-0.25, -0.2) is 4.39 Å². The summed E-state index contributed by atoms with van der Waals surface area (Å²) < 4.78 is 19.3. The molecule has 1 N–H and O–H groups in total. The first-order valence-electron chi connectivity index (χ1n) is 8.51. The smallest absolute Gasteiger partial charge is 0.193 e. The van der Waals surface area contributed by atoms with Crippen molar-refractivity contribution in [2.45, 2.75) is 26.2 Å². The lowest BCUT2D eigenvalue weighted by atomic mass is 10.1. The molecule has 1 aromatic rings. The highest BCUT2D eigenvalue weighted by atomic mass is 127. The van der Waals surface area contributed by atoms with Gasteiger partial charge in [-0.15, -0.1) is 24.0 Å². The van der Waals surface area contributed by atoms with Gasteiger partial charge >= 0.3 is 0 Å². The topological polar surface area (TPSA) is 36.9 Å². The van der Waals surface area contributed by atoms with Gasteiger partial charge in [0.25, 0.3) is 0 Å². The van der Waals surface area contributed by atoms with Crippen LogP contribution < -0.4 is 5.32 Å². The van der Waals surface area contributed by atoms with Crippen LogP contribution in [-0.2, 0) is 11.2 Å². The van der Waals surface area contributed by atoms with Crippen LogP contribution in [0.15, 0.2) is 29.3 Å². The lowest BCUT2D eigenvalue weighted by molar-refractivity contribution is 0.115. The predicted molar refractivity (Wildman–Crippen MR) is 108 cm³/mol. The van der Waals surface area contributed by atoms with E-state index in [1.807, 2.05) is 26.1 Å². The van der Waals surface area contributed by atoms with E-state index in [0.29, 0.717) is 25.1 Å². The molecule has 1 aromatic carbocycles. The summed E-state index contributed by atoms with van der Waals surface area (Å²) in [5, 5.41) is 3.27. The van der Waals surface area contributed by atoms with E-state index in [2.05, 4.69) is 15.2 Å². The summed E-state index contributed by atoms with van der Waals surface area (Å²) in [5.74, 6) is 1.48. The first-order chi connectivity index (χ1) is 11.2. The Balaban J connectivity index is 0.00000288. The maximum Gasteiger partial charge on any atom is 0.193 e. The molecule has 4 nitrogen and oxygen atoms in total. The van der Waals surface area contributed by atoms with Crippen molar-refractivity contribution in [1.82, 2.24) is 10.2 Å². The Kier molecular flexibility index (Phi) is 10.2. The van der Waals surface area contributed by atoms with Gasteiger partial charge in [0.2, 0.25) is 0 Å². The first-order valence-corrected chi connectivity index (χ1v) is 8.51. The fourth-order valence-corrected chi connectivity index (χ4v) is 2.29. The molecular formula is C18H29FIN3O. The highest BCUT2D eigenvalue weighted by Gasteiger charge is 2.21. The van der Waals surface area contributed by atoms with Crippen molar-refractivity contribution in [3.63, 3.8) is 0 Å². The van der Waals surface area contributed by atoms with Crippen molar-refractivity contribution >= 4 is 29.9 Å². The SMILES string of the molecule is CCNC(=NCCc1ccccc1F)N(C)CCOCC1CC1.I. The van der Waals surface area contributed by atoms with Crippen molar-refractivity contribution in [2.75, 3.05) is 39.9 Å². The molecule has 0 unspecified atom stereocenters. The third-order valence-electron chi connectivity index (χ3n) is 3.92. The van der Waals surface area contributed by atoms with Gasteiger partial charge in [-0.2, -0.15) is 0 Å². The third-order valence-corrected chi connectivity index (χ3v) is 3.92. The Morgan fingerprint density at radius 1 is 1.38 bits per heavy atom. The maximum atomic E-state index is 13.6. The molecule has 6 heteroatoms. The van der Waals surface area contributed by atoms with Crippen LogP contribution in [0.5, 0.6) is 0 Å². The fraction of sp³-hybridized carbons (Fsp3) is 0.611. The Morgan fingerprint density at radius 2 is 2.12 bits per heavy atom. The summed E-state index contributed by atoms with van der Waals surface area (Å²) in [6.07, 6.45) is 3.24. The van der Waals surface area contributed by atoms with Crippen molar-refractivity contribution < 1.29 is 9.13 Å². The number of ether oxygens (including phenoxy) is 1. The fourth-order valence-electron chi connectivity index (χ4n) is 2.29. The normalized spacial score (nSPS) is 14.2. The molecule has 136 valence electrons. The summed E-state index contributed by atoms with van der Waals surface area (Å²) in [6.45, 7) is 5.82. The van der Waals surface area contributed by atoms with Gasteiger partial charge in [-0.1, -0.05) is 18.2 Å². The van der Waals surface area contributed by atoms with Crippen LogP contribution in [0, 0.1) is 11.7 Å². The molecule has 24 heavy (non-hydrogen) atoms. The Hall–Kier alpha value is -0.890. The standard InChI is InChI=1S/C18H28FN3O.HI/c1-3-20-18(22(2)12-13-23-14-15-8-9-15)21-11-10-16-6-4-5-7-17(16)19;/h4-7,15H,3,8-14H2,1-2H3,(H,20,21);1H. The molecule has 0 heterocycles. The summed E-state index contributed by atoms with van der Waals surface area (Å²) in [6, 6.07) is 6.87. The molecule has 2 rings (SSSR count). The zero-order valence-corrected chi connectivity index (χ0v) is 17.0. The zero-order valence-electron chi connectivity index (χ0n) is 14.6. The minimum absolute atomic E-state index is 0. The molecule has 0 aromatic heterocycles. The van der Waals surface area contributed by atoms with Crippen LogP contribution in [-0.4, -0.2) is 50.8 Å². The number of benzene rings is 1. The van der Waals surface area contributed by atoms with E-state index in [-0.39, 0.29) is 29.8 Å². The zero-order chi connectivity index (χ0) is 16.5. The molecule has 1 fully saturated rings. The van der Waals surface area contributed by atoms with Crippen molar-refractivity contribution in [2.24, 2.45) is 10.9 Å². The Bertz CT molecular complexity index is 509. The molecule has 0 radical (unpaired) electrons. The molecule has 1 aliphatic carbocycles. The molecule has 0 aliphatic heterocycles. The second-order valence-corrected chi connectivity index (χ2v) is 6.02. The molecular weight excluding hydrogens is 420 g/mol. The van der Waals surface area contributed by atoms with Gasteiger partial charge in [-0.05, 0) is 43.7 Å². The number of rotatable bonds is 9. The molecule has 1 aliphatic rings. The van der Waals surface area contributed by atoms with E-state index < -0.39 is 0 Å². The number of hydrogen-bond donors (Lipinski definition) is 1. The van der Waals surface area contributed by atoms with Gasteiger partial charge in [0.15, 0.2) is 5.96 Å². The minimum atomic E-state index is -0.158. The average molecular weight is 449 g/mol. The minimum Gasteiger partial charge on any atom is -0.379 e. The van der Waals surface area contributed by atoms with E-state index in [9.17, 15) is 4.39 Å². The maximum absolute atomic E-state index is 13.6. The second-order valence-electron chi connectivity index (χ2n) is 6.02. The van der Waals surface area contributed by atoms with Crippen LogP contribution >= 0.6 is 24.0 Å². The molecule has 0 spiro atoms. The van der Waals surface area contributed by atoms with E-state index in [1.165, 1.54) is 18.9 Å². The van der Waals surface area contributed by atoms with E-state index in [1.54, 1.807) is 6.07 Å². The van der Waals surface area contributed by atoms with Gasteiger partial charge in [-0.3, -0.25) is 4.99 Å². The summed E-state index contributed by atoms with van der Waals surface area (Å²) in [5.41, 5.74) is 0.711. The van der Waals surface area contributed by atoms with Gasteiger partial charge in [0.05, 0.1) is 6.61 Å². The number of likely N-dealkylation sites (N-methyl/N-ethyl adjacent to an activating group) is 1. The molecule has 0 saturated heterocycles. The lowest BCUT2D eigenvalue weighted by Gasteiger charge is -2.22. The number of nitrogens with one attached hydrogen (secondary N) is 1. The average Bonchev–Trinajstić information content (AvgIpc) is 3.36. The Labute approximate surface area is 161 Å². The highest BCUT2D eigenvalue weighted by Crippen LogP contribution is 2.28. The van der Waals surface area contributed by atoms with Gasteiger partial charge < -0.3 is 15.0 Å². The number of aliphatic imine (C=N–C) groups is 1. The molecule has 0 amide bonds. The van der Waals surface area contributed by atoms with Crippen LogP contribution in [0.2, 0.25) is 0 Å². The van der Waals surface area contributed by atoms with Crippen LogP contribution in [0.1, 0.15) is 25.3 Å². The van der Waals surface area contributed by atoms with Gasteiger partial charge in [0.1, 0.15) is 5.82 Å². The summed E-state index contributed by atoms with van der Waals surface area (Å²) >= 11 is 0. The molecule has 0 bridgehead atoms. The number of guanidine groups is 1. The monoisotopic (exact) mass is 449 g/mol. The molecule has 1 saturated carbocycles. The van der Waals surface area contributed by atoms with Gasteiger partial charge in [0, 0.05) is 33.3 Å². The molecule has 0 atom stereocenters. The number of hydrogen-bond acceptors (Lipinski definition) is 2.